The average molecular weight is 286 g/mol. The largest absolute Gasteiger partial charge is 0.299 e. The third-order valence-corrected chi connectivity index (χ3v) is 7.56. The zero-order valence-electron chi connectivity index (χ0n) is 13.3. The highest BCUT2D eigenvalue weighted by Crippen LogP contribution is 2.63. The van der Waals surface area contributed by atoms with E-state index in [0.29, 0.717) is 41.7 Å². The summed E-state index contributed by atoms with van der Waals surface area (Å²) in [4.78, 5) is 24.6. The molecule has 0 aromatic heterocycles. The first kappa shape index (κ1) is 13.7. The van der Waals surface area contributed by atoms with Gasteiger partial charge in [-0.3, -0.25) is 9.59 Å². The highest BCUT2D eigenvalue weighted by atomic mass is 16.1. The van der Waals surface area contributed by atoms with Crippen LogP contribution in [0.15, 0.2) is 11.6 Å². The summed E-state index contributed by atoms with van der Waals surface area (Å²) in [5.41, 5.74) is 1.69. The van der Waals surface area contributed by atoms with Gasteiger partial charge in [0, 0.05) is 18.8 Å². The van der Waals surface area contributed by atoms with Crippen LogP contribution in [0.1, 0.15) is 65.2 Å². The fourth-order valence-corrected chi connectivity index (χ4v) is 6.21. The molecule has 21 heavy (non-hydrogen) atoms. The second-order valence-corrected chi connectivity index (χ2v) is 8.53. The number of carbonyl (C=O) groups is 2. The molecule has 0 bridgehead atoms. The molecule has 0 aromatic carbocycles. The number of carbonyl (C=O) groups excluding carboxylic acids is 2. The van der Waals surface area contributed by atoms with Crippen molar-refractivity contribution in [2.45, 2.75) is 65.2 Å². The van der Waals surface area contributed by atoms with Gasteiger partial charge >= 0.3 is 0 Å². The summed E-state index contributed by atoms with van der Waals surface area (Å²) in [7, 11) is 0. The lowest BCUT2D eigenvalue weighted by Crippen LogP contribution is -2.52. The van der Waals surface area contributed by atoms with Crippen LogP contribution in [-0.4, -0.2) is 11.6 Å². The highest BCUT2D eigenvalue weighted by Gasteiger charge is 2.58. The smallest absolute Gasteiger partial charge is 0.159 e. The maximum Gasteiger partial charge on any atom is 0.159 e. The maximum atomic E-state index is 12.8. The van der Waals surface area contributed by atoms with Crippen molar-refractivity contribution in [1.29, 1.82) is 0 Å². The second-order valence-electron chi connectivity index (χ2n) is 8.53. The summed E-state index contributed by atoms with van der Waals surface area (Å²) >= 11 is 0. The van der Waals surface area contributed by atoms with Crippen molar-refractivity contribution in [3.8, 4) is 0 Å². The molecule has 4 aliphatic rings. The number of Topliss-reactive ketones (excluding diaryl/α,β-unsaturated/α-hetero) is 1. The van der Waals surface area contributed by atoms with E-state index < -0.39 is 0 Å². The van der Waals surface area contributed by atoms with Crippen LogP contribution in [0, 0.1) is 28.6 Å². The Kier molecular flexibility index (Phi) is 2.81. The van der Waals surface area contributed by atoms with Gasteiger partial charge in [0.25, 0.3) is 0 Å². The molecule has 0 saturated heterocycles. The van der Waals surface area contributed by atoms with E-state index in [1.807, 2.05) is 6.08 Å². The van der Waals surface area contributed by atoms with Gasteiger partial charge in [0.15, 0.2) is 5.78 Å². The Bertz CT molecular complexity index is 546. The van der Waals surface area contributed by atoms with Gasteiger partial charge in [-0.25, -0.2) is 0 Å². The summed E-state index contributed by atoms with van der Waals surface area (Å²) in [5, 5.41) is 0. The first-order valence-corrected chi connectivity index (χ1v) is 8.71. The molecule has 0 aromatic rings. The summed E-state index contributed by atoms with van der Waals surface area (Å²) in [6, 6.07) is 0. The summed E-state index contributed by atoms with van der Waals surface area (Å²) < 4.78 is 0. The third kappa shape index (κ3) is 1.77. The van der Waals surface area contributed by atoms with E-state index in [9.17, 15) is 9.59 Å². The van der Waals surface area contributed by atoms with Gasteiger partial charge in [-0.15, -0.1) is 0 Å². The molecule has 0 aliphatic heterocycles. The van der Waals surface area contributed by atoms with Crippen molar-refractivity contribution in [3.05, 3.63) is 11.6 Å². The van der Waals surface area contributed by atoms with E-state index in [0.717, 1.165) is 12.0 Å². The number of fused-ring (bicyclic) bond motifs is 5. The van der Waals surface area contributed by atoms with Crippen molar-refractivity contribution in [2.24, 2.45) is 28.6 Å². The Morgan fingerprint density at radius 3 is 2.67 bits per heavy atom. The fraction of sp³-hybridized carbons (Fsp3) is 0.789. The van der Waals surface area contributed by atoms with Gasteiger partial charge in [0.05, 0.1) is 0 Å². The van der Waals surface area contributed by atoms with Crippen LogP contribution in [0.3, 0.4) is 0 Å². The van der Waals surface area contributed by atoms with Crippen LogP contribution in [0.2, 0.25) is 0 Å². The van der Waals surface area contributed by atoms with Gasteiger partial charge in [-0.2, -0.15) is 0 Å². The summed E-state index contributed by atoms with van der Waals surface area (Å²) in [6.45, 7) is 4.76. The number of rotatable bonds is 0. The van der Waals surface area contributed by atoms with Crippen LogP contribution in [0.4, 0.5) is 0 Å². The molecule has 4 rings (SSSR count). The fourth-order valence-electron chi connectivity index (χ4n) is 6.21. The minimum absolute atomic E-state index is 0.121. The number of allylic oxidation sites excluding steroid dienone is 2. The van der Waals surface area contributed by atoms with E-state index in [1.54, 1.807) is 0 Å². The van der Waals surface area contributed by atoms with Crippen LogP contribution in [0.25, 0.3) is 0 Å². The first-order chi connectivity index (χ1) is 9.94. The third-order valence-electron chi connectivity index (χ3n) is 7.56. The molecule has 5 atom stereocenters. The predicted molar refractivity (Wildman–Crippen MR) is 81.7 cm³/mol. The Balaban J connectivity index is 1.77. The van der Waals surface area contributed by atoms with Gasteiger partial charge in [0.1, 0.15) is 5.78 Å². The van der Waals surface area contributed by atoms with Crippen LogP contribution >= 0.6 is 0 Å². The predicted octanol–water partition coefficient (Wildman–Crippen LogP) is 4.09. The second kappa shape index (κ2) is 4.30. The van der Waals surface area contributed by atoms with Crippen LogP contribution in [0.5, 0.6) is 0 Å². The molecular weight excluding hydrogens is 260 g/mol. The van der Waals surface area contributed by atoms with Crippen molar-refractivity contribution in [3.63, 3.8) is 0 Å². The molecule has 0 heterocycles. The number of hydrogen-bond acceptors (Lipinski definition) is 2. The van der Waals surface area contributed by atoms with E-state index in [4.69, 9.17) is 0 Å². The zero-order chi connectivity index (χ0) is 14.8. The lowest BCUT2D eigenvalue weighted by Gasteiger charge is -2.55. The van der Waals surface area contributed by atoms with Gasteiger partial charge < -0.3 is 0 Å². The Morgan fingerprint density at radius 2 is 1.86 bits per heavy atom. The minimum Gasteiger partial charge on any atom is -0.299 e. The lowest BCUT2D eigenvalue weighted by molar-refractivity contribution is -0.133. The Morgan fingerprint density at radius 1 is 1.05 bits per heavy atom. The molecule has 0 N–H and O–H groups in total. The van der Waals surface area contributed by atoms with Crippen molar-refractivity contribution < 1.29 is 9.59 Å². The highest BCUT2D eigenvalue weighted by molar-refractivity contribution is 5.96. The zero-order valence-corrected chi connectivity index (χ0v) is 13.3. The molecule has 4 aliphatic carbocycles. The van der Waals surface area contributed by atoms with E-state index in [1.165, 1.54) is 32.1 Å². The molecule has 0 spiro atoms. The standard InChI is InChI=1S/C19H26O2/c1-18-7-3-4-14(18)17-15(6-8-18)19(2)9-5-13(20)10-12(19)11-16(17)21/h11,14-15,17H,3-10H2,1-2H3/t14-,15+,17-,18-,19-/m0/s1. The molecule has 114 valence electrons. The monoisotopic (exact) mass is 286 g/mol. The summed E-state index contributed by atoms with van der Waals surface area (Å²) in [6.07, 6.45) is 10.4. The molecular formula is C19H26O2. The van der Waals surface area contributed by atoms with Crippen LogP contribution < -0.4 is 0 Å². The van der Waals surface area contributed by atoms with Gasteiger partial charge in [-0.05, 0) is 60.8 Å². The quantitative estimate of drug-likeness (QED) is 0.672. The van der Waals surface area contributed by atoms with E-state index in [2.05, 4.69) is 13.8 Å². The van der Waals surface area contributed by atoms with Gasteiger partial charge in [0.2, 0.25) is 0 Å². The minimum atomic E-state index is 0.121. The summed E-state index contributed by atoms with van der Waals surface area (Å²) in [5.74, 6) is 2.00. The van der Waals surface area contributed by atoms with Crippen LogP contribution in [-0.2, 0) is 9.59 Å². The Hall–Kier alpha value is -0.920. The Labute approximate surface area is 127 Å². The molecule has 0 amide bonds. The van der Waals surface area contributed by atoms with Crippen molar-refractivity contribution >= 4 is 11.6 Å². The van der Waals surface area contributed by atoms with Gasteiger partial charge in [-0.1, -0.05) is 25.8 Å². The lowest BCUT2D eigenvalue weighted by atomic mass is 9.48. The number of ketones is 2. The molecule has 3 saturated carbocycles. The van der Waals surface area contributed by atoms with Crippen molar-refractivity contribution in [1.82, 2.24) is 0 Å². The first-order valence-electron chi connectivity index (χ1n) is 8.71. The molecule has 0 radical (unpaired) electrons. The SMILES string of the molecule is C[C@@]12CCC[C@H]1[C@@H]1C(=O)C=C3CC(=O)CC[C@]3(C)[C@@H]1CC2. The maximum absolute atomic E-state index is 12.8. The van der Waals surface area contributed by atoms with E-state index >= 15 is 0 Å². The number of hydrogen-bond donors (Lipinski definition) is 0. The molecule has 0 unspecified atom stereocenters. The van der Waals surface area contributed by atoms with Crippen molar-refractivity contribution in [2.75, 3.05) is 0 Å². The van der Waals surface area contributed by atoms with E-state index in [-0.39, 0.29) is 11.3 Å². The topological polar surface area (TPSA) is 34.1 Å². The normalized spacial score (nSPS) is 49.2. The average Bonchev–Trinajstić information content (AvgIpc) is 2.82. The molecule has 2 nitrogen and oxygen atoms in total. The molecule has 2 heteroatoms. The molecule has 3 fully saturated rings.